The molecule has 2 N–H and O–H groups in total. The number of carbonyl (C=O) groups is 1. The summed E-state index contributed by atoms with van der Waals surface area (Å²) >= 11 is 0. The number of hydrogen-bond donors (Lipinski definition) is 2. The molecule has 1 amide bonds. The number of aliphatic hydroxyl groups is 1. The zero-order valence-electron chi connectivity index (χ0n) is 14.1. The molecule has 0 aliphatic heterocycles. The first-order valence-corrected chi connectivity index (χ1v) is 8.40. The van der Waals surface area contributed by atoms with Crippen LogP contribution in [0.1, 0.15) is 57.6 Å². The Hall–Kier alpha value is -1.35. The van der Waals surface area contributed by atoms with Gasteiger partial charge in [0.05, 0.1) is 0 Å². The molecular weight excluding hydrogens is 274 g/mol. The first-order chi connectivity index (χ1) is 10.4. The molecule has 22 heavy (non-hydrogen) atoms. The lowest BCUT2D eigenvalue weighted by atomic mass is 9.86. The zero-order chi connectivity index (χ0) is 16.2. The summed E-state index contributed by atoms with van der Waals surface area (Å²) in [6, 6.07) is 8.73. The second-order valence-corrected chi connectivity index (χ2v) is 7.49. The molecular formula is C19H29NO2. The molecule has 0 spiro atoms. The number of amides is 1. The highest BCUT2D eigenvalue weighted by molar-refractivity contribution is 5.76. The third kappa shape index (κ3) is 4.57. The summed E-state index contributed by atoms with van der Waals surface area (Å²) in [5.41, 5.74) is 2.68. The lowest BCUT2D eigenvalue weighted by molar-refractivity contribution is -0.122. The molecule has 122 valence electrons. The number of carbonyl (C=O) groups excluding carboxylic acids is 1. The molecule has 0 radical (unpaired) electrons. The number of aliphatic hydroxyl groups excluding tert-OH is 1. The highest BCUT2D eigenvalue weighted by Gasteiger charge is 2.27. The SMILES string of the molecule is CC(C)(C)c1ccc(CCC(=O)N[C@H]2CCC[C@H]2CO)cc1. The maximum Gasteiger partial charge on any atom is 0.220 e. The number of benzene rings is 1. The van der Waals surface area contributed by atoms with E-state index < -0.39 is 0 Å². The van der Waals surface area contributed by atoms with Gasteiger partial charge in [-0.3, -0.25) is 4.79 Å². The van der Waals surface area contributed by atoms with Crippen LogP contribution in [0, 0.1) is 5.92 Å². The van der Waals surface area contributed by atoms with Gasteiger partial charge in [0.15, 0.2) is 0 Å². The van der Waals surface area contributed by atoms with E-state index in [0.29, 0.717) is 6.42 Å². The fourth-order valence-corrected chi connectivity index (χ4v) is 3.15. The van der Waals surface area contributed by atoms with Crippen molar-refractivity contribution in [1.29, 1.82) is 0 Å². The standard InChI is InChI=1S/C19H29NO2/c1-19(2,3)16-10-7-14(8-11-16)9-12-18(22)20-17-6-4-5-15(17)13-21/h7-8,10-11,15,17,21H,4-6,9,12-13H2,1-3H3,(H,20,22)/t15-,17-/m0/s1. The Morgan fingerprint density at radius 3 is 2.50 bits per heavy atom. The van der Waals surface area contributed by atoms with Crippen LogP contribution in [0.3, 0.4) is 0 Å². The first kappa shape index (κ1) is 17.0. The second kappa shape index (κ2) is 7.28. The molecule has 0 unspecified atom stereocenters. The molecule has 0 saturated heterocycles. The Bertz CT molecular complexity index is 487. The number of rotatable bonds is 5. The number of nitrogens with one attached hydrogen (secondary N) is 1. The van der Waals surface area contributed by atoms with Crippen molar-refractivity contribution in [3.8, 4) is 0 Å². The average Bonchev–Trinajstić information content (AvgIpc) is 2.92. The van der Waals surface area contributed by atoms with Crippen LogP contribution < -0.4 is 5.32 Å². The number of aryl methyl sites for hydroxylation is 1. The van der Waals surface area contributed by atoms with Crippen LogP contribution in [-0.4, -0.2) is 23.7 Å². The van der Waals surface area contributed by atoms with E-state index in [2.05, 4.69) is 50.4 Å². The molecule has 1 aliphatic rings. The van der Waals surface area contributed by atoms with Crippen LogP contribution in [0.5, 0.6) is 0 Å². The fraction of sp³-hybridized carbons (Fsp3) is 0.632. The molecule has 3 nitrogen and oxygen atoms in total. The first-order valence-electron chi connectivity index (χ1n) is 8.40. The van der Waals surface area contributed by atoms with Crippen molar-refractivity contribution in [3.05, 3.63) is 35.4 Å². The third-order valence-corrected chi connectivity index (χ3v) is 4.70. The predicted octanol–water partition coefficient (Wildman–Crippen LogP) is 3.19. The Morgan fingerprint density at radius 1 is 1.23 bits per heavy atom. The molecule has 1 aromatic carbocycles. The van der Waals surface area contributed by atoms with Crippen molar-refractivity contribution in [2.45, 2.75) is 64.3 Å². The summed E-state index contributed by atoms with van der Waals surface area (Å²) in [6.07, 6.45) is 4.41. The molecule has 3 heteroatoms. The van der Waals surface area contributed by atoms with Crippen molar-refractivity contribution in [1.82, 2.24) is 5.32 Å². The Balaban J connectivity index is 1.81. The molecule has 2 atom stereocenters. The van der Waals surface area contributed by atoms with E-state index in [1.165, 1.54) is 11.1 Å². The van der Waals surface area contributed by atoms with Gasteiger partial charge in [0, 0.05) is 25.0 Å². The van der Waals surface area contributed by atoms with E-state index in [0.717, 1.165) is 25.7 Å². The van der Waals surface area contributed by atoms with Gasteiger partial charge in [0.1, 0.15) is 0 Å². The van der Waals surface area contributed by atoms with Crippen molar-refractivity contribution < 1.29 is 9.90 Å². The second-order valence-electron chi connectivity index (χ2n) is 7.49. The Morgan fingerprint density at radius 2 is 1.91 bits per heavy atom. The highest BCUT2D eigenvalue weighted by Crippen LogP contribution is 2.25. The monoisotopic (exact) mass is 303 g/mol. The van der Waals surface area contributed by atoms with Crippen molar-refractivity contribution >= 4 is 5.91 Å². The summed E-state index contributed by atoms with van der Waals surface area (Å²) in [7, 11) is 0. The van der Waals surface area contributed by atoms with Crippen LogP contribution in [-0.2, 0) is 16.6 Å². The fourth-order valence-electron chi connectivity index (χ4n) is 3.15. The van der Waals surface area contributed by atoms with E-state index in [9.17, 15) is 9.90 Å². The smallest absolute Gasteiger partial charge is 0.220 e. The van der Waals surface area contributed by atoms with Crippen LogP contribution in [0.15, 0.2) is 24.3 Å². The van der Waals surface area contributed by atoms with Gasteiger partial charge in [-0.25, -0.2) is 0 Å². The summed E-state index contributed by atoms with van der Waals surface area (Å²) in [5.74, 6) is 0.347. The summed E-state index contributed by atoms with van der Waals surface area (Å²) in [6.45, 7) is 6.79. The quantitative estimate of drug-likeness (QED) is 0.877. The van der Waals surface area contributed by atoms with Crippen LogP contribution in [0.2, 0.25) is 0 Å². The molecule has 1 saturated carbocycles. The molecule has 0 bridgehead atoms. The van der Waals surface area contributed by atoms with Gasteiger partial charge < -0.3 is 10.4 Å². The van der Waals surface area contributed by atoms with Gasteiger partial charge in [-0.2, -0.15) is 0 Å². The van der Waals surface area contributed by atoms with Gasteiger partial charge in [-0.05, 0) is 35.8 Å². The minimum atomic E-state index is 0.102. The molecule has 1 aliphatic carbocycles. The van der Waals surface area contributed by atoms with Crippen molar-refractivity contribution in [3.63, 3.8) is 0 Å². The van der Waals surface area contributed by atoms with E-state index >= 15 is 0 Å². The minimum Gasteiger partial charge on any atom is -0.396 e. The normalized spacial score (nSPS) is 21.8. The maximum absolute atomic E-state index is 12.1. The third-order valence-electron chi connectivity index (χ3n) is 4.70. The van der Waals surface area contributed by atoms with Crippen LogP contribution in [0.25, 0.3) is 0 Å². The molecule has 0 heterocycles. The Kier molecular flexibility index (Phi) is 5.63. The van der Waals surface area contributed by atoms with E-state index in [-0.39, 0.29) is 29.9 Å². The topological polar surface area (TPSA) is 49.3 Å². The summed E-state index contributed by atoms with van der Waals surface area (Å²) < 4.78 is 0. The summed E-state index contributed by atoms with van der Waals surface area (Å²) in [5, 5.41) is 12.4. The van der Waals surface area contributed by atoms with Gasteiger partial charge >= 0.3 is 0 Å². The molecule has 2 rings (SSSR count). The number of hydrogen-bond acceptors (Lipinski definition) is 2. The molecule has 1 fully saturated rings. The van der Waals surface area contributed by atoms with E-state index in [1.807, 2.05) is 0 Å². The molecule has 0 aromatic heterocycles. The van der Waals surface area contributed by atoms with Crippen molar-refractivity contribution in [2.75, 3.05) is 6.61 Å². The predicted molar refractivity (Wildman–Crippen MR) is 89.8 cm³/mol. The van der Waals surface area contributed by atoms with Gasteiger partial charge in [0.25, 0.3) is 0 Å². The van der Waals surface area contributed by atoms with E-state index in [4.69, 9.17) is 0 Å². The minimum absolute atomic E-state index is 0.102. The van der Waals surface area contributed by atoms with Crippen molar-refractivity contribution in [2.24, 2.45) is 5.92 Å². The zero-order valence-corrected chi connectivity index (χ0v) is 14.1. The lowest BCUT2D eigenvalue weighted by Gasteiger charge is -2.20. The molecule has 1 aromatic rings. The van der Waals surface area contributed by atoms with Crippen LogP contribution >= 0.6 is 0 Å². The lowest BCUT2D eigenvalue weighted by Crippen LogP contribution is -2.38. The highest BCUT2D eigenvalue weighted by atomic mass is 16.3. The van der Waals surface area contributed by atoms with Gasteiger partial charge in [0.2, 0.25) is 5.91 Å². The maximum atomic E-state index is 12.1. The largest absolute Gasteiger partial charge is 0.396 e. The summed E-state index contributed by atoms with van der Waals surface area (Å²) in [4.78, 5) is 12.1. The van der Waals surface area contributed by atoms with Crippen LogP contribution in [0.4, 0.5) is 0 Å². The van der Waals surface area contributed by atoms with Gasteiger partial charge in [-0.15, -0.1) is 0 Å². The van der Waals surface area contributed by atoms with E-state index in [1.54, 1.807) is 0 Å². The average molecular weight is 303 g/mol. The Labute approximate surface area is 134 Å². The van der Waals surface area contributed by atoms with Gasteiger partial charge in [-0.1, -0.05) is 51.5 Å².